The first-order chi connectivity index (χ1) is 13.0. The van der Waals surface area contributed by atoms with Crippen LogP contribution in [0, 0.1) is 0 Å². The summed E-state index contributed by atoms with van der Waals surface area (Å²) in [5.41, 5.74) is 1.27. The van der Waals surface area contributed by atoms with Crippen LogP contribution in [-0.2, 0) is 4.79 Å². The van der Waals surface area contributed by atoms with Gasteiger partial charge < -0.3 is 4.74 Å². The number of hydrazone groups is 1. The lowest BCUT2D eigenvalue weighted by atomic mass is 10.1. The molecule has 1 unspecified atom stereocenters. The second-order valence-corrected chi connectivity index (χ2v) is 8.35. The molecule has 0 aliphatic carbocycles. The van der Waals surface area contributed by atoms with Crippen molar-refractivity contribution in [2.45, 2.75) is 6.17 Å². The molecule has 1 amide bonds. The normalized spacial score (nSPS) is 18.1. The molecular weight excluding hydrogens is 496 g/mol. The van der Waals surface area contributed by atoms with Crippen LogP contribution >= 0.6 is 43.6 Å². The highest BCUT2D eigenvalue weighted by molar-refractivity contribution is 9.11. The fourth-order valence-electron chi connectivity index (χ4n) is 3.11. The van der Waals surface area contributed by atoms with E-state index < -0.39 is 6.17 Å². The maximum atomic E-state index is 12.9. The van der Waals surface area contributed by atoms with E-state index in [2.05, 4.69) is 42.3 Å². The third kappa shape index (κ3) is 3.17. The first-order valence-corrected chi connectivity index (χ1v) is 10.8. The van der Waals surface area contributed by atoms with Gasteiger partial charge in [-0.25, -0.2) is 5.01 Å². The van der Waals surface area contributed by atoms with Crippen molar-refractivity contribution < 1.29 is 9.53 Å². The number of carbonyl (C=O) groups is 1. The van der Waals surface area contributed by atoms with Gasteiger partial charge in [0, 0.05) is 15.3 Å². The Hall–Kier alpha value is -1.84. The summed E-state index contributed by atoms with van der Waals surface area (Å²) >= 11 is 8.44. The number of para-hydroxylation sites is 1. The number of nitrogens with one attached hydrogen (secondary N) is 1. The van der Waals surface area contributed by atoms with Crippen molar-refractivity contribution in [2.24, 2.45) is 10.1 Å². The Balaban J connectivity index is 2.03. The van der Waals surface area contributed by atoms with E-state index in [4.69, 9.17) is 9.73 Å². The van der Waals surface area contributed by atoms with Crippen molar-refractivity contribution in [3.63, 3.8) is 0 Å². The highest BCUT2D eigenvalue weighted by atomic mass is 79.9. The lowest BCUT2D eigenvalue weighted by molar-refractivity contribution is -0.116. The summed E-state index contributed by atoms with van der Waals surface area (Å²) in [5, 5.41) is 11.1. The molecule has 2 aromatic rings. The Labute approximate surface area is 176 Å². The first-order valence-electron chi connectivity index (χ1n) is 7.96. The lowest BCUT2D eigenvalue weighted by Gasteiger charge is -2.34. The van der Waals surface area contributed by atoms with Gasteiger partial charge in [0.1, 0.15) is 11.4 Å². The van der Waals surface area contributed by atoms with Crippen molar-refractivity contribution in [1.82, 2.24) is 10.3 Å². The number of hydrogen-bond donors (Lipinski definition) is 1. The summed E-state index contributed by atoms with van der Waals surface area (Å²) in [6.45, 7) is 0. The molecule has 0 saturated heterocycles. The lowest BCUT2D eigenvalue weighted by Crippen LogP contribution is -2.50. The minimum Gasteiger partial charge on any atom is -0.495 e. The van der Waals surface area contributed by atoms with Crippen molar-refractivity contribution >= 4 is 60.4 Å². The number of nitrogens with zero attached hydrogens (tertiary/aromatic N) is 3. The summed E-state index contributed by atoms with van der Waals surface area (Å²) < 4.78 is 7.28. The van der Waals surface area contributed by atoms with Crippen LogP contribution in [0.3, 0.4) is 0 Å². The number of carbonyl (C=O) groups excluding carboxylic acids is 1. The highest BCUT2D eigenvalue weighted by Gasteiger charge is 2.35. The summed E-state index contributed by atoms with van der Waals surface area (Å²) in [6.07, 6.45) is 1.33. The number of rotatable bonds is 2. The number of amidine groups is 1. The SMILES string of the molecule is COc1c(Br)cc(Br)cc1C1N=c2ccccc2=C2C(=O)NC(SC)=NN21. The predicted octanol–water partition coefficient (Wildman–Crippen LogP) is 2.73. The molecule has 2 aliphatic rings. The van der Waals surface area contributed by atoms with Crippen LogP contribution < -0.4 is 20.6 Å². The van der Waals surface area contributed by atoms with E-state index in [1.807, 2.05) is 42.7 Å². The molecule has 4 rings (SSSR count). The molecule has 2 aromatic carbocycles. The summed E-state index contributed by atoms with van der Waals surface area (Å²) in [4.78, 5) is 17.7. The maximum absolute atomic E-state index is 12.9. The molecule has 2 aliphatic heterocycles. The number of halogens is 2. The van der Waals surface area contributed by atoms with Crippen LogP contribution in [0.2, 0.25) is 0 Å². The van der Waals surface area contributed by atoms with E-state index in [0.29, 0.717) is 16.6 Å². The third-order valence-electron chi connectivity index (χ3n) is 4.23. The largest absolute Gasteiger partial charge is 0.495 e. The zero-order chi connectivity index (χ0) is 19.1. The van der Waals surface area contributed by atoms with Gasteiger partial charge in [-0.05, 0) is 40.4 Å². The molecule has 0 radical (unpaired) electrons. The van der Waals surface area contributed by atoms with E-state index in [0.717, 1.165) is 25.1 Å². The Morgan fingerprint density at radius 3 is 2.78 bits per heavy atom. The number of thioether (sulfide) groups is 1. The number of amides is 1. The van der Waals surface area contributed by atoms with E-state index in [1.165, 1.54) is 11.8 Å². The Morgan fingerprint density at radius 1 is 1.26 bits per heavy atom. The van der Waals surface area contributed by atoms with Gasteiger partial charge in [0.15, 0.2) is 11.3 Å². The Bertz CT molecular complexity index is 1100. The number of fused-ring (bicyclic) bond motifs is 2. The van der Waals surface area contributed by atoms with Gasteiger partial charge in [-0.2, -0.15) is 0 Å². The van der Waals surface area contributed by atoms with Gasteiger partial charge in [-0.3, -0.25) is 15.1 Å². The van der Waals surface area contributed by atoms with Gasteiger partial charge in [-0.15, -0.1) is 5.10 Å². The fraction of sp³-hybridized carbons (Fsp3) is 0.167. The molecule has 1 atom stereocenters. The fourth-order valence-corrected chi connectivity index (χ4v) is 4.89. The molecule has 0 fully saturated rings. The summed E-state index contributed by atoms with van der Waals surface area (Å²) in [7, 11) is 1.61. The topological polar surface area (TPSA) is 66.3 Å². The minimum atomic E-state index is -0.535. The Kier molecular flexibility index (Phi) is 5.00. The van der Waals surface area contributed by atoms with Crippen molar-refractivity contribution in [1.29, 1.82) is 0 Å². The molecular formula is C18H14Br2N4O2S. The molecule has 0 saturated carbocycles. The molecule has 0 spiro atoms. The van der Waals surface area contributed by atoms with E-state index in [-0.39, 0.29) is 5.91 Å². The number of methoxy groups -OCH3 is 1. The zero-order valence-corrected chi connectivity index (χ0v) is 18.4. The van der Waals surface area contributed by atoms with Gasteiger partial charge >= 0.3 is 0 Å². The van der Waals surface area contributed by atoms with E-state index >= 15 is 0 Å². The number of ether oxygens (including phenoxy) is 1. The first kappa shape index (κ1) is 18.5. The average Bonchev–Trinajstić information content (AvgIpc) is 2.66. The second-order valence-electron chi connectivity index (χ2n) is 5.79. The Morgan fingerprint density at radius 2 is 2.04 bits per heavy atom. The average molecular weight is 510 g/mol. The molecule has 27 heavy (non-hydrogen) atoms. The van der Waals surface area contributed by atoms with Gasteiger partial charge in [-0.1, -0.05) is 45.9 Å². The van der Waals surface area contributed by atoms with Crippen LogP contribution in [0.5, 0.6) is 5.75 Å². The summed E-state index contributed by atoms with van der Waals surface area (Å²) in [6, 6.07) is 11.4. The second kappa shape index (κ2) is 7.29. The predicted molar refractivity (Wildman–Crippen MR) is 113 cm³/mol. The van der Waals surface area contributed by atoms with Crippen molar-refractivity contribution in [3.8, 4) is 5.75 Å². The monoisotopic (exact) mass is 508 g/mol. The third-order valence-corrected chi connectivity index (χ3v) is 5.85. The van der Waals surface area contributed by atoms with Crippen LogP contribution in [0.1, 0.15) is 11.7 Å². The molecule has 2 heterocycles. The highest BCUT2D eigenvalue weighted by Crippen LogP contribution is 2.41. The number of hydrogen-bond acceptors (Lipinski definition) is 6. The number of benzene rings is 2. The standard InChI is InChI=1S/C18H14Br2N4O2S/c1-26-15-11(7-9(19)8-12(15)20)16-21-13-6-4-3-5-10(13)14-17(25)22-18(27-2)23-24(14)16/h3-8,16H,1-2H3,(H,22,23,25). The molecule has 1 N–H and O–H groups in total. The molecule has 0 aromatic heterocycles. The van der Waals surface area contributed by atoms with Crippen molar-refractivity contribution in [3.05, 3.63) is 61.5 Å². The van der Waals surface area contributed by atoms with Crippen molar-refractivity contribution in [2.75, 3.05) is 13.4 Å². The smallest absolute Gasteiger partial charge is 0.276 e. The molecule has 6 nitrogen and oxygen atoms in total. The van der Waals surface area contributed by atoms with Crippen LogP contribution in [0.25, 0.3) is 5.70 Å². The summed E-state index contributed by atoms with van der Waals surface area (Å²) in [5.74, 6) is 0.451. The van der Waals surface area contributed by atoms with Gasteiger partial charge in [0.25, 0.3) is 5.91 Å². The van der Waals surface area contributed by atoms with E-state index in [9.17, 15) is 4.79 Å². The molecule has 0 bridgehead atoms. The quantitative estimate of drug-likeness (QED) is 0.676. The zero-order valence-electron chi connectivity index (χ0n) is 14.4. The van der Waals surface area contributed by atoms with Gasteiger partial charge in [0.05, 0.1) is 16.9 Å². The van der Waals surface area contributed by atoms with Gasteiger partial charge in [0.2, 0.25) is 0 Å². The van der Waals surface area contributed by atoms with E-state index in [1.54, 1.807) is 12.1 Å². The van der Waals surface area contributed by atoms with Crippen LogP contribution in [-0.4, -0.2) is 29.4 Å². The minimum absolute atomic E-state index is 0.199. The maximum Gasteiger partial charge on any atom is 0.276 e. The molecule has 138 valence electrons. The van der Waals surface area contributed by atoms with Crippen LogP contribution in [0.15, 0.2) is 55.4 Å². The van der Waals surface area contributed by atoms with Crippen LogP contribution in [0.4, 0.5) is 0 Å². The molecule has 9 heteroatoms.